The molecule has 0 heterocycles. The Bertz CT molecular complexity index is 727. The molecular weight excluding hydrogens is 366 g/mol. The lowest BCUT2D eigenvalue weighted by atomic mass is 9.78. The van der Waals surface area contributed by atoms with E-state index in [1.165, 1.54) is 0 Å². The van der Waals surface area contributed by atoms with Crippen molar-refractivity contribution in [3.63, 3.8) is 0 Å². The molecule has 0 bridgehead atoms. The summed E-state index contributed by atoms with van der Waals surface area (Å²) in [5.74, 6) is -2.10. The lowest BCUT2D eigenvalue weighted by molar-refractivity contribution is -0.0801. The molecular formula is C22H28F2O4. The maximum atomic E-state index is 13.1. The average Bonchev–Trinajstić information content (AvgIpc) is 2.71. The summed E-state index contributed by atoms with van der Waals surface area (Å²) in [6, 6.07) is 14.8. The van der Waals surface area contributed by atoms with E-state index in [1.54, 1.807) is 12.1 Å². The van der Waals surface area contributed by atoms with Crippen molar-refractivity contribution in [2.75, 3.05) is 26.4 Å². The zero-order chi connectivity index (χ0) is 20.8. The fourth-order valence-electron chi connectivity index (χ4n) is 2.63. The van der Waals surface area contributed by atoms with E-state index in [2.05, 4.69) is 13.8 Å². The number of halogens is 2. The van der Waals surface area contributed by atoms with Crippen LogP contribution in [0.1, 0.15) is 31.9 Å². The van der Waals surface area contributed by atoms with Crippen molar-refractivity contribution in [3.05, 3.63) is 59.7 Å². The normalized spacial score (nSPS) is 13.2. The molecule has 154 valence electrons. The van der Waals surface area contributed by atoms with Crippen molar-refractivity contribution in [1.29, 1.82) is 0 Å². The van der Waals surface area contributed by atoms with Gasteiger partial charge >= 0.3 is 5.92 Å². The van der Waals surface area contributed by atoms with Gasteiger partial charge in [0.05, 0.1) is 6.61 Å². The molecule has 0 saturated heterocycles. The summed E-state index contributed by atoms with van der Waals surface area (Å²) in [4.78, 5) is 0. The number of aliphatic hydroxyl groups is 2. The van der Waals surface area contributed by atoms with Crippen LogP contribution in [0.3, 0.4) is 0 Å². The molecule has 0 spiro atoms. The Morgan fingerprint density at radius 1 is 0.857 bits per heavy atom. The highest BCUT2D eigenvalue weighted by Crippen LogP contribution is 2.33. The number of ether oxygens (including phenoxy) is 2. The predicted molar refractivity (Wildman–Crippen MR) is 104 cm³/mol. The van der Waals surface area contributed by atoms with Gasteiger partial charge in [-0.25, -0.2) is 8.78 Å². The van der Waals surface area contributed by atoms with Crippen LogP contribution in [-0.4, -0.2) is 42.6 Å². The van der Waals surface area contributed by atoms with Crippen molar-refractivity contribution in [3.8, 4) is 11.5 Å². The molecule has 0 aliphatic rings. The minimum Gasteiger partial charge on any atom is -0.493 e. The standard InChI is InChI=1S/C22H28F2O4/c1-16(12-25)13-27-19-8-4-17(5-9-19)21(2,3)18-6-10-20(11-7-18)28-15-22(23,24)14-26/h4-11,16,25-26H,12-15H2,1-3H3. The average molecular weight is 394 g/mol. The summed E-state index contributed by atoms with van der Waals surface area (Å²) < 4.78 is 36.9. The first-order valence-corrected chi connectivity index (χ1v) is 9.24. The van der Waals surface area contributed by atoms with Gasteiger partial charge in [0.2, 0.25) is 0 Å². The molecule has 0 aliphatic heterocycles. The third kappa shape index (κ3) is 5.91. The summed E-state index contributed by atoms with van der Waals surface area (Å²) >= 11 is 0. The lowest BCUT2D eigenvalue weighted by Gasteiger charge is -2.26. The van der Waals surface area contributed by atoms with Gasteiger partial charge in [0.15, 0.2) is 6.61 Å². The highest BCUT2D eigenvalue weighted by Gasteiger charge is 2.29. The van der Waals surface area contributed by atoms with Crippen LogP contribution in [0.4, 0.5) is 8.78 Å². The second-order valence-corrected chi connectivity index (χ2v) is 7.58. The van der Waals surface area contributed by atoms with Crippen LogP contribution in [0.5, 0.6) is 11.5 Å². The SMILES string of the molecule is CC(CO)COc1ccc(C(C)(C)c2ccc(OCC(F)(F)CO)cc2)cc1. The number of aliphatic hydroxyl groups excluding tert-OH is 2. The maximum Gasteiger partial charge on any atom is 0.303 e. The summed E-state index contributed by atoms with van der Waals surface area (Å²) in [7, 11) is 0. The molecule has 0 saturated carbocycles. The predicted octanol–water partition coefficient (Wildman–Crippen LogP) is 4.03. The molecule has 2 rings (SSSR count). The fraction of sp³-hybridized carbons (Fsp3) is 0.455. The van der Waals surface area contributed by atoms with Gasteiger partial charge in [0.1, 0.15) is 18.1 Å². The van der Waals surface area contributed by atoms with Gasteiger partial charge in [-0.3, -0.25) is 0 Å². The molecule has 0 fully saturated rings. The lowest BCUT2D eigenvalue weighted by Crippen LogP contribution is -2.29. The molecule has 2 aromatic carbocycles. The fourth-order valence-corrected chi connectivity index (χ4v) is 2.63. The quantitative estimate of drug-likeness (QED) is 0.639. The van der Waals surface area contributed by atoms with Crippen molar-refractivity contribution >= 4 is 0 Å². The van der Waals surface area contributed by atoms with Crippen LogP contribution in [-0.2, 0) is 5.41 Å². The maximum absolute atomic E-state index is 13.1. The molecule has 0 aliphatic carbocycles. The van der Waals surface area contributed by atoms with Crippen LogP contribution in [0, 0.1) is 5.92 Å². The van der Waals surface area contributed by atoms with Crippen LogP contribution in [0.15, 0.2) is 48.5 Å². The van der Waals surface area contributed by atoms with E-state index >= 15 is 0 Å². The van der Waals surface area contributed by atoms with E-state index < -0.39 is 19.1 Å². The van der Waals surface area contributed by atoms with E-state index in [4.69, 9.17) is 19.7 Å². The Balaban J connectivity index is 2.05. The van der Waals surface area contributed by atoms with Gasteiger partial charge in [-0.1, -0.05) is 45.0 Å². The van der Waals surface area contributed by atoms with Crippen LogP contribution in [0.25, 0.3) is 0 Å². The Labute approximate surface area is 164 Å². The summed E-state index contributed by atoms with van der Waals surface area (Å²) in [5, 5.41) is 17.6. The molecule has 0 aromatic heterocycles. The summed E-state index contributed by atoms with van der Waals surface area (Å²) in [5.41, 5.74) is 1.79. The van der Waals surface area contributed by atoms with Crippen LogP contribution < -0.4 is 9.47 Å². The zero-order valence-corrected chi connectivity index (χ0v) is 16.5. The van der Waals surface area contributed by atoms with Gasteiger partial charge in [-0.05, 0) is 35.4 Å². The van der Waals surface area contributed by atoms with Gasteiger partial charge in [0, 0.05) is 17.9 Å². The third-order valence-corrected chi connectivity index (χ3v) is 4.68. The number of alkyl halides is 2. The first-order valence-electron chi connectivity index (χ1n) is 9.24. The largest absolute Gasteiger partial charge is 0.493 e. The van der Waals surface area contributed by atoms with E-state index in [0.29, 0.717) is 12.4 Å². The first-order chi connectivity index (χ1) is 13.2. The van der Waals surface area contributed by atoms with Crippen molar-refractivity contribution < 1.29 is 28.5 Å². The van der Waals surface area contributed by atoms with Crippen molar-refractivity contribution in [2.24, 2.45) is 5.92 Å². The molecule has 2 N–H and O–H groups in total. The molecule has 28 heavy (non-hydrogen) atoms. The molecule has 6 heteroatoms. The molecule has 0 radical (unpaired) electrons. The summed E-state index contributed by atoms with van der Waals surface area (Å²) in [6.45, 7) is 4.51. The van der Waals surface area contributed by atoms with E-state index in [1.807, 2.05) is 43.3 Å². The highest BCUT2D eigenvalue weighted by molar-refractivity contribution is 5.41. The zero-order valence-electron chi connectivity index (χ0n) is 16.5. The topological polar surface area (TPSA) is 58.9 Å². The van der Waals surface area contributed by atoms with Crippen LogP contribution in [0.2, 0.25) is 0 Å². The van der Waals surface area contributed by atoms with Gasteiger partial charge in [0.25, 0.3) is 0 Å². The minimum atomic E-state index is -3.25. The highest BCUT2D eigenvalue weighted by atomic mass is 19.3. The summed E-state index contributed by atoms with van der Waals surface area (Å²) in [6.07, 6.45) is 0. The van der Waals surface area contributed by atoms with Gasteiger partial charge in [-0.15, -0.1) is 0 Å². The number of hydrogen-bond acceptors (Lipinski definition) is 4. The monoisotopic (exact) mass is 394 g/mol. The third-order valence-electron chi connectivity index (χ3n) is 4.68. The van der Waals surface area contributed by atoms with E-state index in [9.17, 15) is 8.78 Å². The number of benzene rings is 2. The van der Waals surface area contributed by atoms with E-state index in [-0.39, 0.29) is 17.9 Å². The Morgan fingerprint density at radius 2 is 1.32 bits per heavy atom. The second-order valence-electron chi connectivity index (χ2n) is 7.58. The second kappa shape index (κ2) is 9.34. The van der Waals surface area contributed by atoms with Gasteiger partial charge < -0.3 is 19.7 Å². The minimum absolute atomic E-state index is 0.0779. The molecule has 1 atom stereocenters. The number of hydrogen-bond donors (Lipinski definition) is 2. The molecule has 4 nitrogen and oxygen atoms in total. The molecule has 1 unspecified atom stereocenters. The Kier molecular flexibility index (Phi) is 7.38. The molecule has 0 amide bonds. The van der Waals surface area contributed by atoms with Gasteiger partial charge in [-0.2, -0.15) is 0 Å². The first kappa shape index (κ1) is 22.1. The molecule has 2 aromatic rings. The smallest absolute Gasteiger partial charge is 0.303 e. The van der Waals surface area contributed by atoms with Crippen molar-refractivity contribution in [2.45, 2.75) is 32.1 Å². The van der Waals surface area contributed by atoms with E-state index in [0.717, 1.165) is 16.9 Å². The Hall–Kier alpha value is -2.18. The number of rotatable bonds is 10. The Morgan fingerprint density at radius 3 is 1.75 bits per heavy atom. The van der Waals surface area contributed by atoms with Crippen LogP contribution >= 0.6 is 0 Å². The van der Waals surface area contributed by atoms with Crippen molar-refractivity contribution in [1.82, 2.24) is 0 Å².